The summed E-state index contributed by atoms with van der Waals surface area (Å²) in [6, 6.07) is 9.71. The Kier molecular flexibility index (Phi) is 6.38. The molecule has 0 aromatic heterocycles. The van der Waals surface area contributed by atoms with Gasteiger partial charge in [0.15, 0.2) is 0 Å². The van der Waals surface area contributed by atoms with Gasteiger partial charge in [-0.15, -0.1) is 0 Å². The average Bonchev–Trinajstić information content (AvgIpc) is 3.04. The molecule has 2 heterocycles. The predicted octanol–water partition coefficient (Wildman–Crippen LogP) is 1.14. The normalized spacial score (nSPS) is 16.2. The summed E-state index contributed by atoms with van der Waals surface area (Å²) in [6.07, 6.45) is 1.34. The molecule has 12 nitrogen and oxygen atoms in total. The van der Waals surface area contributed by atoms with Gasteiger partial charge in [-0.1, -0.05) is 0 Å². The fraction of sp³-hybridized carbons (Fsp3) is 0.238. The Morgan fingerprint density at radius 3 is 2.58 bits per heavy atom. The molecule has 0 unspecified atom stereocenters. The number of nitro benzene ring substituents is 1. The van der Waals surface area contributed by atoms with Gasteiger partial charge < -0.3 is 10.6 Å². The molecule has 0 aliphatic carbocycles. The Balaban J connectivity index is 1.37. The summed E-state index contributed by atoms with van der Waals surface area (Å²) in [7, 11) is 0. The van der Waals surface area contributed by atoms with Gasteiger partial charge in [-0.05, 0) is 35.9 Å². The molecule has 0 bridgehead atoms. The SMILES string of the molecule is O=C(N/N=C/c1ccc([N+](=O)[O-])cc1)Nc1ccc2c(c1)C(=O)C(=O)N2CN1CCNCC1. The predicted molar refractivity (Wildman–Crippen MR) is 120 cm³/mol. The zero-order valence-corrected chi connectivity index (χ0v) is 17.5. The Labute approximate surface area is 188 Å². The number of amides is 3. The number of nitrogens with one attached hydrogen (secondary N) is 3. The number of carbonyl (C=O) groups is 3. The number of fused-ring (bicyclic) bond motifs is 1. The molecule has 2 aliphatic heterocycles. The molecule has 2 aromatic carbocycles. The molecule has 0 saturated carbocycles. The van der Waals surface area contributed by atoms with Crippen LogP contribution in [-0.4, -0.2) is 66.6 Å². The van der Waals surface area contributed by atoms with E-state index in [4.69, 9.17) is 0 Å². The van der Waals surface area contributed by atoms with Crippen molar-refractivity contribution in [3.63, 3.8) is 0 Å². The second-order valence-corrected chi connectivity index (χ2v) is 7.48. The van der Waals surface area contributed by atoms with Gasteiger partial charge in [-0.2, -0.15) is 5.10 Å². The van der Waals surface area contributed by atoms with Gasteiger partial charge in [-0.3, -0.25) is 29.5 Å². The topological polar surface area (TPSA) is 149 Å². The number of hydrogen-bond acceptors (Lipinski definition) is 8. The van der Waals surface area contributed by atoms with Crippen molar-refractivity contribution in [3.8, 4) is 0 Å². The van der Waals surface area contributed by atoms with Gasteiger partial charge in [0, 0.05) is 44.0 Å². The molecule has 4 rings (SSSR count). The molecule has 12 heteroatoms. The highest BCUT2D eigenvalue weighted by atomic mass is 16.6. The number of anilines is 2. The number of nitrogens with zero attached hydrogens (tertiary/aromatic N) is 4. The molecule has 170 valence electrons. The molecule has 0 atom stereocenters. The van der Waals surface area contributed by atoms with Gasteiger partial charge in [0.25, 0.3) is 11.5 Å². The highest BCUT2D eigenvalue weighted by Gasteiger charge is 2.37. The van der Waals surface area contributed by atoms with E-state index in [1.54, 1.807) is 12.1 Å². The molecule has 3 N–H and O–H groups in total. The first kappa shape index (κ1) is 22.0. The lowest BCUT2D eigenvalue weighted by molar-refractivity contribution is -0.384. The molecular weight excluding hydrogens is 430 g/mol. The third-order valence-electron chi connectivity index (χ3n) is 5.26. The first-order valence-corrected chi connectivity index (χ1v) is 10.2. The average molecular weight is 451 g/mol. The zero-order valence-electron chi connectivity index (χ0n) is 17.5. The van der Waals surface area contributed by atoms with Crippen LogP contribution in [0.1, 0.15) is 15.9 Å². The number of hydrogen-bond donors (Lipinski definition) is 3. The van der Waals surface area contributed by atoms with Crippen molar-refractivity contribution < 1.29 is 19.3 Å². The van der Waals surface area contributed by atoms with Crippen LogP contribution in [0.3, 0.4) is 0 Å². The Morgan fingerprint density at radius 2 is 1.88 bits per heavy atom. The van der Waals surface area contributed by atoms with Crippen LogP contribution >= 0.6 is 0 Å². The van der Waals surface area contributed by atoms with Crippen molar-refractivity contribution >= 4 is 41.0 Å². The van der Waals surface area contributed by atoms with E-state index in [9.17, 15) is 24.5 Å². The summed E-state index contributed by atoms with van der Waals surface area (Å²) in [5.41, 5.74) is 3.89. The summed E-state index contributed by atoms with van der Waals surface area (Å²) < 4.78 is 0. The molecule has 0 radical (unpaired) electrons. The van der Waals surface area contributed by atoms with E-state index >= 15 is 0 Å². The summed E-state index contributed by atoms with van der Waals surface area (Å²) in [4.78, 5) is 50.8. The lowest BCUT2D eigenvalue weighted by Crippen LogP contribution is -2.49. The minimum absolute atomic E-state index is 0.0472. The number of piperazine rings is 1. The molecule has 1 fully saturated rings. The van der Waals surface area contributed by atoms with Crippen molar-refractivity contribution in [2.75, 3.05) is 43.1 Å². The Hall–Kier alpha value is -4.16. The number of urea groups is 1. The Bertz CT molecular complexity index is 1130. The van der Waals surface area contributed by atoms with Gasteiger partial charge in [0.05, 0.1) is 29.1 Å². The summed E-state index contributed by atoms with van der Waals surface area (Å²) >= 11 is 0. The first-order chi connectivity index (χ1) is 15.9. The number of Topliss-reactive ketones (excluding diaryl/α,β-unsaturated/α-hetero) is 1. The van der Waals surface area contributed by atoms with Gasteiger partial charge in [-0.25, -0.2) is 10.2 Å². The zero-order chi connectivity index (χ0) is 23.4. The molecule has 33 heavy (non-hydrogen) atoms. The minimum atomic E-state index is -0.650. The number of ketones is 1. The highest BCUT2D eigenvalue weighted by molar-refractivity contribution is 6.52. The van der Waals surface area contributed by atoms with Crippen molar-refractivity contribution in [2.24, 2.45) is 5.10 Å². The van der Waals surface area contributed by atoms with Gasteiger partial charge in [0.2, 0.25) is 0 Å². The number of hydrazone groups is 1. The monoisotopic (exact) mass is 451 g/mol. The standard InChI is InChI=1S/C21H21N7O5/c29-19-17-11-15(3-6-18(17)27(20(19)30)13-26-9-7-22-8-10-26)24-21(31)25-23-12-14-1-4-16(5-2-14)28(32)33/h1-6,11-12,22H,7-10,13H2,(H2,24,25,31)/b23-12+. The van der Waals surface area contributed by atoms with Gasteiger partial charge >= 0.3 is 11.9 Å². The summed E-state index contributed by atoms with van der Waals surface area (Å²) in [5, 5.41) is 20.3. The molecule has 1 saturated heterocycles. The van der Waals surface area contributed by atoms with E-state index < -0.39 is 22.6 Å². The van der Waals surface area contributed by atoms with Crippen LogP contribution in [-0.2, 0) is 4.79 Å². The lowest BCUT2D eigenvalue weighted by Gasteiger charge is -2.31. The summed E-state index contributed by atoms with van der Waals surface area (Å²) in [6.45, 7) is 3.56. The van der Waals surface area contributed by atoms with Gasteiger partial charge in [0.1, 0.15) is 0 Å². The van der Waals surface area contributed by atoms with Crippen molar-refractivity contribution in [2.45, 2.75) is 0 Å². The molecule has 2 aliphatic rings. The van der Waals surface area contributed by atoms with Crippen molar-refractivity contribution in [3.05, 3.63) is 63.7 Å². The maximum absolute atomic E-state index is 12.5. The van der Waals surface area contributed by atoms with E-state index in [1.165, 1.54) is 41.4 Å². The smallest absolute Gasteiger partial charge is 0.314 e. The van der Waals surface area contributed by atoms with Crippen LogP contribution in [0.15, 0.2) is 47.6 Å². The fourth-order valence-electron chi connectivity index (χ4n) is 3.58. The highest BCUT2D eigenvalue weighted by Crippen LogP contribution is 2.31. The lowest BCUT2D eigenvalue weighted by atomic mass is 10.1. The summed E-state index contributed by atoms with van der Waals surface area (Å²) in [5.74, 6) is -1.20. The van der Waals surface area contributed by atoms with E-state index in [2.05, 4.69) is 26.1 Å². The largest absolute Gasteiger partial charge is 0.339 e. The third-order valence-corrected chi connectivity index (χ3v) is 5.26. The van der Waals surface area contributed by atoms with Crippen LogP contribution < -0.4 is 21.0 Å². The van der Waals surface area contributed by atoms with Crippen LogP contribution in [0, 0.1) is 10.1 Å². The van der Waals surface area contributed by atoms with Crippen LogP contribution in [0.4, 0.5) is 21.9 Å². The second-order valence-electron chi connectivity index (χ2n) is 7.48. The molecule has 3 amide bonds. The first-order valence-electron chi connectivity index (χ1n) is 10.2. The maximum Gasteiger partial charge on any atom is 0.339 e. The number of nitro groups is 1. The van der Waals surface area contributed by atoms with E-state index in [0.29, 0.717) is 23.6 Å². The quantitative estimate of drug-likeness (QED) is 0.258. The molecular formula is C21H21N7O5. The molecule has 2 aromatic rings. The van der Waals surface area contributed by atoms with E-state index in [-0.39, 0.29) is 11.3 Å². The number of rotatable bonds is 6. The van der Waals surface area contributed by atoms with E-state index in [0.717, 1.165) is 26.2 Å². The Morgan fingerprint density at radius 1 is 1.15 bits per heavy atom. The molecule has 0 spiro atoms. The van der Waals surface area contributed by atoms with Crippen LogP contribution in [0.25, 0.3) is 0 Å². The van der Waals surface area contributed by atoms with Crippen LogP contribution in [0.5, 0.6) is 0 Å². The minimum Gasteiger partial charge on any atom is -0.314 e. The number of non-ortho nitro benzene ring substituents is 1. The van der Waals surface area contributed by atoms with Crippen LogP contribution in [0.2, 0.25) is 0 Å². The third kappa shape index (κ3) is 5.02. The maximum atomic E-state index is 12.5. The second kappa shape index (κ2) is 9.54. The number of carbonyl (C=O) groups excluding carboxylic acids is 3. The van der Waals surface area contributed by atoms with Crippen molar-refractivity contribution in [1.82, 2.24) is 15.6 Å². The fourth-order valence-corrected chi connectivity index (χ4v) is 3.58. The van der Waals surface area contributed by atoms with Crippen molar-refractivity contribution in [1.29, 1.82) is 0 Å². The number of benzene rings is 2. The van der Waals surface area contributed by atoms with E-state index in [1.807, 2.05) is 0 Å².